The molecule has 0 amide bonds. The first-order chi connectivity index (χ1) is 14.9. The van der Waals surface area contributed by atoms with Crippen LogP contribution < -0.4 is 9.64 Å². The normalized spacial score (nSPS) is 19.9. The summed E-state index contributed by atoms with van der Waals surface area (Å²) in [6.07, 6.45) is 1.65. The van der Waals surface area contributed by atoms with Gasteiger partial charge in [-0.25, -0.2) is 18.2 Å². The number of benzene rings is 1. The molecule has 7 nitrogen and oxygen atoms in total. The molecule has 0 bridgehead atoms. The van der Waals surface area contributed by atoms with Crippen molar-refractivity contribution in [1.29, 1.82) is 5.26 Å². The molecule has 3 aromatic rings. The van der Waals surface area contributed by atoms with E-state index in [0.29, 0.717) is 0 Å². The predicted molar refractivity (Wildman–Crippen MR) is 105 cm³/mol. The summed E-state index contributed by atoms with van der Waals surface area (Å²) in [6.45, 7) is 0. The first kappa shape index (κ1) is 20.5. The zero-order valence-electron chi connectivity index (χ0n) is 16.7. The molecule has 1 aliphatic rings. The van der Waals surface area contributed by atoms with E-state index in [0.717, 1.165) is 6.07 Å². The second-order valence-corrected chi connectivity index (χ2v) is 7.19. The van der Waals surface area contributed by atoms with Crippen molar-refractivity contribution in [2.75, 3.05) is 19.1 Å². The molecule has 0 unspecified atom stereocenters. The lowest BCUT2D eigenvalue weighted by atomic mass is 9.71. The average molecular weight is 426 g/mol. The fourth-order valence-corrected chi connectivity index (χ4v) is 3.85. The lowest BCUT2D eigenvalue weighted by molar-refractivity contribution is 0.0859. The average Bonchev–Trinajstić information content (AvgIpc) is 2.76. The number of hydrogen-bond acceptors (Lipinski definition) is 7. The fourth-order valence-electron chi connectivity index (χ4n) is 3.85. The van der Waals surface area contributed by atoms with E-state index in [2.05, 4.69) is 20.2 Å². The Morgan fingerprint density at radius 1 is 1.16 bits per heavy atom. The van der Waals surface area contributed by atoms with Crippen LogP contribution in [0, 0.1) is 23.0 Å². The molecule has 4 rings (SSSR count). The summed E-state index contributed by atoms with van der Waals surface area (Å²) in [7, 11) is 2.92. The van der Waals surface area contributed by atoms with Crippen molar-refractivity contribution >= 4 is 5.95 Å². The van der Waals surface area contributed by atoms with E-state index < -0.39 is 23.3 Å². The molecule has 2 heterocycles. The van der Waals surface area contributed by atoms with Crippen LogP contribution in [0.5, 0.6) is 5.75 Å². The molecule has 0 spiro atoms. The van der Waals surface area contributed by atoms with E-state index in [4.69, 9.17) is 4.74 Å². The zero-order chi connectivity index (χ0) is 22.2. The van der Waals surface area contributed by atoms with Crippen LogP contribution >= 0.6 is 0 Å². The molecule has 2 aromatic heterocycles. The maximum atomic E-state index is 14.5. The van der Waals surface area contributed by atoms with Crippen LogP contribution in [0.25, 0.3) is 11.3 Å². The van der Waals surface area contributed by atoms with Crippen LogP contribution in [-0.4, -0.2) is 40.5 Å². The number of nitrogens with zero attached hydrogens (tertiary/aromatic N) is 6. The zero-order valence-corrected chi connectivity index (χ0v) is 16.7. The van der Waals surface area contributed by atoms with Crippen molar-refractivity contribution in [3.05, 3.63) is 59.6 Å². The minimum atomic E-state index is -1.11. The van der Waals surface area contributed by atoms with Crippen LogP contribution in [0.4, 0.5) is 19.1 Å². The second-order valence-electron chi connectivity index (χ2n) is 7.19. The summed E-state index contributed by atoms with van der Waals surface area (Å²) in [4.78, 5) is 9.88. The molecule has 0 N–H and O–H groups in total. The summed E-state index contributed by atoms with van der Waals surface area (Å²) < 4.78 is 48.0. The summed E-state index contributed by atoms with van der Waals surface area (Å²) in [5.41, 5.74) is -0.812. The monoisotopic (exact) mass is 426 g/mol. The number of alkyl halides is 1. The van der Waals surface area contributed by atoms with Crippen molar-refractivity contribution in [3.63, 3.8) is 0 Å². The highest BCUT2D eigenvalue weighted by molar-refractivity contribution is 5.71. The molecule has 0 aliphatic heterocycles. The Kier molecular flexibility index (Phi) is 5.19. The molecule has 1 aromatic carbocycles. The standard InChI is InChI=1S/C21H17F3N6O/c1-30(21(8-13(22)9-21)19-15(24)4-3-7-26-19)20-27-11-16(28-29-20)17-14(23)6-5-12(10-25)18(17)31-2/h3-7,11,13H,8-9H2,1-2H3. The second kappa shape index (κ2) is 7.83. The van der Waals surface area contributed by atoms with Gasteiger partial charge in [0, 0.05) is 26.1 Å². The van der Waals surface area contributed by atoms with Crippen LogP contribution in [0.1, 0.15) is 24.1 Å². The third kappa shape index (κ3) is 3.32. The molecular formula is C21H17F3N6O. The number of hydrogen-bond donors (Lipinski definition) is 0. The van der Waals surface area contributed by atoms with E-state index in [1.165, 1.54) is 42.6 Å². The van der Waals surface area contributed by atoms with Gasteiger partial charge in [0.05, 0.1) is 30.0 Å². The first-order valence-electron chi connectivity index (χ1n) is 9.37. The van der Waals surface area contributed by atoms with Gasteiger partial charge in [-0.05, 0) is 24.3 Å². The number of nitriles is 1. The quantitative estimate of drug-likeness (QED) is 0.616. The van der Waals surface area contributed by atoms with Gasteiger partial charge in [-0.2, -0.15) is 5.26 Å². The highest BCUT2D eigenvalue weighted by Crippen LogP contribution is 2.48. The van der Waals surface area contributed by atoms with E-state index >= 15 is 0 Å². The topological polar surface area (TPSA) is 87.8 Å². The van der Waals surface area contributed by atoms with Gasteiger partial charge >= 0.3 is 0 Å². The van der Waals surface area contributed by atoms with Crippen molar-refractivity contribution < 1.29 is 17.9 Å². The molecule has 10 heteroatoms. The van der Waals surface area contributed by atoms with E-state index in [9.17, 15) is 18.4 Å². The highest BCUT2D eigenvalue weighted by Gasteiger charge is 2.52. The van der Waals surface area contributed by atoms with Gasteiger partial charge in [0.15, 0.2) is 0 Å². The molecule has 0 saturated heterocycles. The Morgan fingerprint density at radius 2 is 1.94 bits per heavy atom. The predicted octanol–water partition coefficient (Wildman–Crippen LogP) is 3.56. The van der Waals surface area contributed by atoms with Crippen LogP contribution in [0.15, 0.2) is 36.7 Å². The van der Waals surface area contributed by atoms with E-state index in [1.54, 1.807) is 7.05 Å². The third-order valence-corrected chi connectivity index (χ3v) is 5.50. The minimum Gasteiger partial charge on any atom is -0.495 e. The number of halogens is 3. The fraction of sp³-hybridized carbons (Fsp3) is 0.286. The van der Waals surface area contributed by atoms with Crippen LogP contribution in [-0.2, 0) is 5.54 Å². The summed E-state index contributed by atoms with van der Waals surface area (Å²) in [6, 6.07) is 7.09. The molecule has 1 saturated carbocycles. The largest absolute Gasteiger partial charge is 0.495 e. The third-order valence-electron chi connectivity index (χ3n) is 5.50. The van der Waals surface area contributed by atoms with E-state index in [1.807, 2.05) is 6.07 Å². The summed E-state index contributed by atoms with van der Waals surface area (Å²) in [5.74, 6) is -1.09. The van der Waals surface area contributed by atoms with Gasteiger partial charge < -0.3 is 9.64 Å². The number of pyridine rings is 1. The maximum Gasteiger partial charge on any atom is 0.245 e. The lowest BCUT2D eigenvalue weighted by Crippen LogP contribution is -2.56. The number of methoxy groups -OCH3 is 1. The minimum absolute atomic E-state index is 0.0194. The van der Waals surface area contributed by atoms with Crippen molar-refractivity contribution in [3.8, 4) is 23.1 Å². The highest BCUT2D eigenvalue weighted by atomic mass is 19.1. The Bertz CT molecular complexity index is 1160. The molecule has 0 radical (unpaired) electrons. The Hall–Kier alpha value is -3.74. The van der Waals surface area contributed by atoms with Gasteiger partial charge in [-0.1, -0.05) is 0 Å². The van der Waals surface area contributed by atoms with Crippen LogP contribution in [0.3, 0.4) is 0 Å². The molecular weight excluding hydrogens is 409 g/mol. The molecule has 31 heavy (non-hydrogen) atoms. The molecule has 0 atom stereocenters. The first-order valence-corrected chi connectivity index (χ1v) is 9.37. The van der Waals surface area contributed by atoms with Gasteiger partial charge in [0.1, 0.15) is 41.0 Å². The van der Waals surface area contributed by atoms with Gasteiger partial charge in [-0.3, -0.25) is 4.98 Å². The summed E-state index contributed by atoms with van der Waals surface area (Å²) >= 11 is 0. The van der Waals surface area contributed by atoms with Crippen molar-refractivity contribution in [2.45, 2.75) is 24.6 Å². The van der Waals surface area contributed by atoms with Gasteiger partial charge in [-0.15, -0.1) is 10.2 Å². The van der Waals surface area contributed by atoms with Gasteiger partial charge in [0.25, 0.3) is 0 Å². The number of ether oxygens (including phenoxy) is 1. The molecule has 158 valence electrons. The van der Waals surface area contributed by atoms with Gasteiger partial charge in [0.2, 0.25) is 5.95 Å². The lowest BCUT2D eigenvalue weighted by Gasteiger charge is -2.49. The Labute approximate surface area is 176 Å². The SMILES string of the molecule is COc1c(C#N)ccc(F)c1-c1cnc(N(C)C2(c3ncccc3F)CC(F)C2)nn1. The maximum absolute atomic E-state index is 14.5. The molecule has 1 fully saturated rings. The Morgan fingerprint density at radius 3 is 2.52 bits per heavy atom. The molecule has 1 aliphatic carbocycles. The smallest absolute Gasteiger partial charge is 0.245 e. The number of anilines is 1. The van der Waals surface area contributed by atoms with E-state index in [-0.39, 0.29) is 47.1 Å². The number of rotatable bonds is 5. The number of aromatic nitrogens is 4. The van der Waals surface area contributed by atoms with Crippen molar-refractivity contribution in [2.24, 2.45) is 0 Å². The van der Waals surface area contributed by atoms with Crippen molar-refractivity contribution in [1.82, 2.24) is 20.2 Å². The Balaban J connectivity index is 1.72. The van der Waals surface area contributed by atoms with Crippen LogP contribution in [0.2, 0.25) is 0 Å². The summed E-state index contributed by atoms with van der Waals surface area (Å²) in [5, 5.41) is 17.3.